The molecule has 1 atom stereocenters. The molecular weight excluding hydrogens is 283 g/mol. The van der Waals surface area contributed by atoms with E-state index in [-0.39, 0.29) is 24.1 Å². The van der Waals surface area contributed by atoms with E-state index in [1.165, 1.54) is 6.07 Å². The minimum absolute atomic E-state index is 0. The fourth-order valence-electron chi connectivity index (χ4n) is 1.14. The number of nitrogens with two attached hydrogens (primary N) is 1. The van der Waals surface area contributed by atoms with Crippen LogP contribution in [-0.2, 0) is 0 Å². The number of halogens is 2. The van der Waals surface area contributed by atoms with Gasteiger partial charge in [0.2, 0.25) is 0 Å². The van der Waals surface area contributed by atoms with E-state index in [0.29, 0.717) is 4.47 Å². The van der Waals surface area contributed by atoms with E-state index in [4.69, 9.17) is 5.73 Å². The van der Waals surface area contributed by atoms with E-state index in [2.05, 4.69) is 15.9 Å². The number of hydrogen-bond donors (Lipinski definition) is 1. The van der Waals surface area contributed by atoms with Crippen molar-refractivity contribution in [3.05, 3.63) is 38.3 Å². The summed E-state index contributed by atoms with van der Waals surface area (Å²) in [7, 11) is 0. The van der Waals surface area contributed by atoms with Crippen LogP contribution in [0.4, 0.5) is 5.69 Å². The summed E-state index contributed by atoms with van der Waals surface area (Å²) in [6.07, 6.45) is 0.763. The van der Waals surface area contributed by atoms with Gasteiger partial charge in [-0.25, -0.2) is 0 Å². The summed E-state index contributed by atoms with van der Waals surface area (Å²) in [4.78, 5) is 10.2. The third kappa shape index (κ3) is 3.44. The number of benzene rings is 1. The van der Waals surface area contributed by atoms with E-state index in [0.717, 1.165) is 12.0 Å². The maximum absolute atomic E-state index is 10.6. The molecule has 0 bridgehead atoms. The molecule has 0 saturated carbocycles. The minimum Gasteiger partial charge on any atom is -0.324 e. The van der Waals surface area contributed by atoms with Gasteiger partial charge in [0.25, 0.3) is 5.69 Å². The molecule has 1 aromatic rings. The summed E-state index contributed by atoms with van der Waals surface area (Å²) in [6, 6.07) is 4.83. The summed E-state index contributed by atoms with van der Waals surface area (Å²) in [6.45, 7) is 1.94. The number of nitrogens with zero attached hydrogens (tertiary/aromatic N) is 1. The van der Waals surface area contributed by atoms with Crippen molar-refractivity contribution in [2.24, 2.45) is 5.73 Å². The van der Waals surface area contributed by atoms with Gasteiger partial charge < -0.3 is 5.73 Å². The van der Waals surface area contributed by atoms with Crippen molar-refractivity contribution >= 4 is 34.0 Å². The third-order valence-corrected chi connectivity index (χ3v) is 2.71. The monoisotopic (exact) mass is 294 g/mol. The Morgan fingerprint density at radius 1 is 1.60 bits per heavy atom. The van der Waals surface area contributed by atoms with E-state index < -0.39 is 4.92 Å². The Kier molecular flexibility index (Phi) is 5.79. The lowest BCUT2D eigenvalue weighted by molar-refractivity contribution is -0.385. The van der Waals surface area contributed by atoms with Crippen LogP contribution in [-0.4, -0.2) is 4.92 Å². The molecule has 0 fully saturated rings. The Hall–Kier alpha value is -0.650. The highest BCUT2D eigenvalue weighted by molar-refractivity contribution is 9.10. The molecule has 0 aromatic heterocycles. The first kappa shape index (κ1) is 14.3. The first-order chi connectivity index (χ1) is 6.56. The molecule has 0 aliphatic heterocycles. The van der Waals surface area contributed by atoms with Crippen molar-refractivity contribution in [2.45, 2.75) is 19.4 Å². The van der Waals surface area contributed by atoms with Gasteiger partial charge in [-0.05, 0) is 34.0 Å². The fraction of sp³-hybridized carbons (Fsp3) is 0.333. The number of hydrogen-bond acceptors (Lipinski definition) is 3. The standard InChI is InChI=1S/C9H11BrN2O2.ClH/c1-2-8(11)6-3-4-7(10)9(5-6)12(13)14;/h3-5,8H,2,11H2,1H3;1H/t8-;/m0./s1. The average molecular weight is 296 g/mol. The topological polar surface area (TPSA) is 69.2 Å². The minimum atomic E-state index is -0.421. The highest BCUT2D eigenvalue weighted by atomic mass is 79.9. The van der Waals surface area contributed by atoms with Gasteiger partial charge in [-0.3, -0.25) is 10.1 Å². The van der Waals surface area contributed by atoms with E-state index in [1.54, 1.807) is 12.1 Å². The van der Waals surface area contributed by atoms with Crippen molar-refractivity contribution in [2.75, 3.05) is 0 Å². The van der Waals surface area contributed by atoms with Crippen molar-refractivity contribution < 1.29 is 4.92 Å². The zero-order valence-corrected chi connectivity index (χ0v) is 10.5. The second kappa shape index (κ2) is 6.05. The summed E-state index contributed by atoms with van der Waals surface area (Å²) >= 11 is 3.12. The Labute approximate surface area is 103 Å². The maximum Gasteiger partial charge on any atom is 0.283 e. The van der Waals surface area contributed by atoms with Gasteiger partial charge in [0, 0.05) is 12.1 Å². The Morgan fingerprint density at radius 3 is 2.67 bits per heavy atom. The molecule has 1 rings (SSSR count). The normalized spacial score (nSPS) is 11.7. The summed E-state index contributed by atoms with van der Waals surface area (Å²) < 4.78 is 0.481. The SMILES string of the molecule is CC[C@H](N)c1ccc(Br)c([N+](=O)[O-])c1.Cl. The highest BCUT2D eigenvalue weighted by Crippen LogP contribution is 2.28. The average Bonchev–Trinajstić information content (AvgIpc) is 2.17. The van der Waals surface area contributed by atoms with E-state index in [9.17, 15) is 10.1 Å². The molecule has 2 N–H and O–H groups in total. The molecule has 15 heavy (non-hydrogen) atoms. The van der Waals surface area contributed by atoms with Gasteiger partial charge in [-0.15, -0.1) is 12.4 Å². The number of rotatable bonds is 3. The smallest absolute Gasteiger partial charge is 0.283 e. The summed E-state index contributed by atoms with van der Waals surface area (Å²) in [5.41, 5.74) is 6.63. The number of nitro benzene ring substituents is 1. The molecule has 6 heteroatoms. The van der Waals surface area contributed by atoms with Crippen molar-refractivity contribution in [1.82, 2.24) is 0 Å². The quantitative estimate of drug-likeness (QED) is 0.687. The van der Waals surface area contributed by atoms with E-state index in [1.807, 2.05) is 6.92 Å². The molecule has 0 amide bonds. The van der Waals surface area contributed by atoms with Crippen molar-refractivity contribution in [3.63, 3.8) is 0 Å². The highest BCUT2D eigenvalue weighted by Gasteiger charge is 2.14. The molecule has 0 saturated heterocycles. The first-order valence-corrected chi connectivity index (χ1v) is 5.05. The van der Waals surface area contributed by atoms with Gasteiger partial charge >= 0.3 is 0 Å². The van der Waals surface area contributed by atoms with Crippen LogP contribution >= 0.6 is 28.3 Å². The molecule has 4 nitrogen and oxygen atoms in total. The van der Waals surface area contributed by atoms with Crippen LogP contribution in [0.1, 0.15) is 24.9 Å². The predicted octanol–water partition coefficient (Wildman–Crippen LogP) is 3.19. The molecule has 0 heterocycles. The molecule has 0 aliphatic rings. The lowest BCUT2D eigenvalue weighted by Gasteiger charge is -2.08. The molecule has 0 unspecified atom stereocenters. The Balaban J connectivity index is 0.00000196. The number of nitro groups is 1. The van der Waals surface area contributed by atoms with Crippen LogP contribution < -0.4 is 5.73 Å². The van der Waals surface area contributed by atoms with Gasteiger partial charge in [0.05, 0.1) is 9.40 Å². The van der Waals surface area contributed by atoms with Crippen LogP contribution in [0.5, 0.6) is 0 Å². The summed E-state index contributed by atoms with van der Waals surface area (Å²) in [5, 5.41) is 10.6. The first-order valence-electron chi connectivity index (χ1n) is 4.25. The lowest BCUT2D eigenvalue weighted by Crippen LogP contribution is -2.08. The van der Waals surface area contributed by atoms with Gasteiger partial charge in [0.1, 0.15) is 0 Å². The largest absolute Gasteiger partial charge is 0.324 e. The molecule has 0 radical (unpaired) electrons. The molecule has 1 aromatic carbocycles. The lowest BCUT2D eigenvalue weighted by atomic mass is 10.1. The maximum atomic E-state index is 10.6. The van der Waals surface area contributed by atoms with Crippen LogP contribution in [0, 0.1) is 10.1 Å². The van der Waals surface area contributed by atoms with Crippen LogP contribution in [0.15, 0.2) is 22.7 Å². The van der Waals surface area contributed by atoms with Crippen LogP contribution in [0.2, 0.25) is 0 Å². The molecule has 0 spiro atoms. The van der Waals surface area contributed by atoms with Crippen LogP contribution in [0.3, 0.4) is 0 Å². The zero-order valence-electron chi connectivity index (χ0n) is 8.14. The molecule has 0 aliphatic carbocycles. The zero-order chi connectivity index (χ0) is 10.7. The second-order valence-corrected chi connectivity index (χ2v) is 3.84. The van der Waals surface area contributed by atoms with Crippen molar-refractivity contribution in [1.29, 1.82) is 0 Å². The van der Waals surface area contributed by atoms with Gasteiger partial charge in [-0.2, -0.15) is 0 Å². The van der Waals surface area contributed by atoms with Gasteiger partial charge in [0.15, 0.2) is 0 Å². The molecule has 84 valence electrons. The molecular formula is C9H12BrClN2O2. The Bertz CT molecular complexity index is 360. The second-order valence-electron chi connectivity index (χ2n) is 2.98. The Morgan fingerprint density at radius 2 is 2.20 bits per heavy atom. The third-order valence-electron chi connectivity index (χ3n) is 2.03. The van der Waals surface area contributed by atoms with Gasteiger partial charge in [-0.1, -0.05) is 13.0 Å². The predicted molar refractivity (Wildman–Crippen MR) is 65.3 cm³/mol. The van der Waals surface area contributed by atoms with E-state index >= 15 is 0 Å². The fourth-order valence-corrected chi connectivity index (χ4v) is 1.53. The van der Waals surface area contributed by atoms with Crippen molar-refractivity contribution in [3.8, 4) is 0 Å². The van der Waals surface area contributed by atoms with Crippen LogP contribution in [0.25, 0.3) is 0 Å². The summed E-state index contributed by atoms with van der Waals surface area (Å²) in [5.74, 6) is 0.